The maximum absolute atomic E-state index is 12.5. The van der Waals surface area contributed by atoms with Crippen LogP contribution in [0.1, 0.15) is 22.2 Å². The Morgan fingerprint density at radius 1 is 1.46 bits per heavy atom. The minimum absolute atomic E-state index is 0.146. The molecular weight excluding hydrogens is 388 g/mol. The van der Waals surface area contributed by atoms with Crippen LogP contribution >= 0.6 is 34.7 Å². The molecule has 0 N–H and O–H groups in total. The van der Waals surface area contributed by atoms with Crippen molar-refractivity contribution in [3.8, 4) is 11.8 Å². The van der Waals surface area contributed by atoms with E-state index in [1.54, 1.807) is 6.20 Å². The number of carbonyl (C=O) groups is 1. The van der Waals surface area contributed by atoms with Crippen molar-refractivity contribution in [2.75, 3.05) is 5.75 Å². The van der Waals surface area contributed by atoms with Gasteiger partial charge in [-0.05, 0) is 31.5 Å². The molecule has 1 unspecified atom stereocenters. The van der Waals surface area contributed by atoms with Crippen molar-refractivity contribution >= 4 is 40.5 Å². The van der Waals surface area contributed by atoms with Crippen molar-refractivity contribution in [1.29, 1.82) is 5.26 Å². The van der Waals surface area contributed by atoms with Gasteiger partial charge < -0.3 is 0 Å². The lowest BCUT2D eigenvalue weighted by Crippen LogP contribution is -2.13. The summed E-state index contributed by atoms with van der Waals surface area (Å²) in [5, 5.41) is 13.1. The van der Waals surface area contributed by atoms with Gasteiger partial charge >= 0.3 is 0 Å². The second-order valence-electron chi connectivity index (χ2n) is 5.61. The highest BCUT2D eigenvalue weighted by Gasteiger charge is 2.24. The Balaban J connectivity index is 1.77. The third-order valence-corrected chi connectivity index (χ3v) is 6.21. The number of thioether (sulfide) groups is 1. The summed E-state index contributed by atoms with van der Waals surface area (Å²) >= 11 is 8.84. The topological polar surface area (TPSA) is 71.6 Å². The third-order valence-electron chi connectivity index (χ3n) is 3.78. The quantitative estimate of drug-likeness (QED) is 0.565. The minimum atomic E-state index is -0.836. The SMILES string of the molecule is Cc1csc(C(C#N)C(=O)CSc2nccn2-c2cccc(Cl)c2C)n1. The van der Waals surface area contributed by atoms with Crippen LogP contribution < -0.4 is 0 Å². The molecule has 0 spiro atoms. The summed E-state index contributed by atoms with van der Waals surface area (Å²) < 4.78 is 1.90. The molecule has 5 nitrogen and oxygen atoms in total. The van der Waals surface area contributed by atoms with Crippen LogP contribution in [0.25, 0.3) is 5.69 Å². The molecule has 3 rings (SSSR count). The van der Waals surface area contributed by atoms with E-state index in [-0.39, 0.29) is 11.5 Å². The van der Waals surface area contributed by atoms with E-state index < -0.39 is 5.92 Å². The summed E-state index contributed by atoms with van der Waals surface area (Å²) in [6.07, 6.45) is 3.51. The highest BCUT2D eigenvalue weighted by Crippen LogP contribution is 2.28. The molecule has 0 fully saturated rings. The molecule has 0 saturated carbocycles. The molecule has 26 heavy (non-hydrogen) atoms. The van der Waals surface area contributed by atoms with Gasteiger partial charge in [-0.15, -0.1) is 11.3 Å². The molecule has 0 aliphatic carbocycles. The van der Waals surface area contributed by atoms with Crippen molar-refractivity contribution in [1.82, 2.24) is 14.5 Å². The lowest BCUT2D eigenvalue weighted by Gasteiger charge is -2.11. The fourth-order valence-corrected chi connectivity index (χ4v) is 4.33. The van der Waals surface area contributed by atoms with E-state index in [0.717, 1.165) is 16.9 Å². The zero-order valence-electron chi connectivity index (χ0n) is 14.1. The second-order valence-corrected chi connectivity index (χ2v) is 7.85. The average Bonchev–Trinajstić information content (AvgIpc) is 3.25. The number of benzene rings is 1. The van der Waals surface area contributed by atoms with Crippen LogP contribution in [-0.2, 0) is 4.79 Å². The van der Waals surface area contributed by atoms with E-state index in [9.17, 15) is 10.1 Å². The molecule has 0 aliphatic rings. The van der Waals surface area contributed by atoms with Crippen LogP contribution in [0.3, 0.4) is 0 Å². The number of carbonyl (C=O) groups excluding carboxylic acids is 1. The molecule has 0 radical (unpaired) electrons. The van der Waals surface area contributed by atoms with Gasteiger partial charge in [0.15, 0.2) is 16.9 Å². The average molecular weight is 403 g/mol. The van der Waals surface area contributed by atoms with Crippen LogP contribution in [0, 0.1) is 25.2 Å². The number of hydrogen-bond donors (Lipinski definition) is 0. The van der Waals surface area contributed by atoms with E-state index in [0.29, 0.717) is 15.2 Å². The molecule has 2 heterocycles. The molecule has 1 atom stereocenters. The van der Waals surface area contributed by atoms with Gasteiger partial charge in [0.05, 0.1) is 17.5 Å². The lowest BCUT2D eigenvalue weighted by molar-refractivity contribution is -0.116. The van der Waals surface area contributed by atoms with Crippen LogP contribution in [0.2, 0.25) is 5.02 Å². The summed E-state index contributed by atoms with van der Waals surface area (Å²) in [5.41, 5.74) is 2.67. The van der Waals surface area contributed by atoms with Gasteiger partial charge in [0, 0.05) is 28.5 Å². The highest BCUT2D eigenvalue weighted by molar-refractivity contribution is 7.99. The van der Waals surface area contributed by atoms with E-state index in [1.165, 1.54) is 23.1 Å². The Morgan fingerprint density at radius 2 is 2.27 bits per heavy atom. The number of aryl methyl sites for hydroxylation is 1. The highest BCUT2D eigenvalue weighted by atomic mass is 35.5. The van der Waals surface area contributed by atoms with Crippen molar-refractivity contribution in [2.24, 2.45) is 0 Å². The Kier molecular flexibility index (Phi) is 5.77. The molecule has 8 heteroatoms. The standard InChI is InChI=1S/C18H15ClN4OS2/c1-11-9-25-17(22-11)13(8-20)16(24)10-26-18-21-6-7-23(18)15-5-3-4-14(19)12(15)2/h3-7,9,13H,10H2,1-2H3. The number of aromatic nitrogens is 3. The lowest BCUT2D eigenvalue weighted by atomic mass is 10.1. The molecule has 132 valence electrons. The number of Topliss-reactive ketones (excluding diaryl/α,β-unsaturated/α-hetero) is 1. The first kappa shape index (κ1) is 18.6. The number of imidazole rings is 1. The van der Waals surface area contributed by atoms with E-state index in [1.807, 2.05) is 48.2 Å². The van der Waals surface area contributed by atoms with Crippen LogP contribution in [-0.4, -0.2) is 26.1 Å². The number of hydrogen-bond acceptors (Lipinski definition) is 6. The molecule has 1 aromatic carbocycles. The predicted molar refractivity (Wildman–Crippen MR) is 104 cm³/mol. The summed E-state index contributed by atoms with van der Waals surface area (Å²) in [7, 11) is 0. The van der Waals surface area contributed by atoms with Crippen molar-refractivity contribution in [3.05, 3.63) is 57.3 Å². The van der Waals surface area contributed by atoms with Crippen LogP contribution in [0.15, 0.2) is 41.1 Å². The smallest absolute Gasteiger partial charge is 0.173 e. The Labute approximate surface area is 164 Å². The monoisotopic (exact) mass is 402 g/mol. The number of rotatable bonds is 6. The number of nitrogens with zero attached hydrogens (tertiary/aromatic N) is 4. The van der Waals surface area contributed by atoms with Gasteiger partial charge in [-0.2, -0.15) is 5.26 Å². The van der Waals surface area contributed by atoms with Gasteiger partial charge in [0.25, 0.3) is 0 Å². The maximum Gasteiger partial charge on any atom is 0.173 e. The summed E-state index contributed by atoms with van der Waals surface area (Å²) in [6, 6.07) is 7.72. The zero-order chi connectivity index (χ0) is 18.7. The first-order valence-electron chi connectivity index (χ1n) is 7.77. The van der Waals surface area contributed by atoms with Crippen LogP contribution in [0.4, 0.5) is 0 Å². The van der Waals surface area contributed by atoms with E-state index >= 15 is 0 Å². The molecule has 3 aromatic rings. The minimum Gasteiger partial charge on any atom is -0.297 e. The molecular formula is C18H15ClN4OS2. The molecule has 0 saturated heterocycles. The summed E-state index contributed by atoms with van der Waals surface area (Å²) in [4.78, 5) is 21.1. The Hall–Kier alpha value is -2.14. The molecule has 2 aromatic heterocycles. The fourth-order valence-electron chi connectivity index (χ4n) is 2.43. The second kappa shape index (κ2) is 8.04. The maximum atomic E-state index is 12.5. The molecule has 0 bridgehead atoms. The predicted octanol–water partition coefficient (Wildman–Crippen LogP) is 4.57. The first-order chi connectivity index (χ1) is 12.5. The summed E-state index contributed by atoms with van der Waals surface area (Å²) in [6.45, 7) is 3.78. The number of halogens is 1. The van der Waals surface area contributed by atoms with Gasteiger partial charge in [0.2, 0.25) is 0 Å². The largest absolute Gasteiger partial charge is 0.297 e. The Bertz CT molecular complexity index is 989. The Morgan fingerprint density at radius 3 is 2.96 bits per heavy atom. The summed E-state index contributed by atoms with van der Waals surface area (Å²) in [5.74, 6) is -0.866. The van der Waals surface area contributed by atoms with Gasteiger partial charge in [-0.3, -0.25) is 9.36 Å². The van der Waals surface area contributed by atoms with Gasteiger partial charge in [-0.25, -0.2) is 9.97 Å². The van der Waals surface area contributed by atoms with E-state index in [4.69, 9.17) is 11.6 Å². The number of thiazole rings is 1. The number of ketones is 1. The van der Waals surface area contributed by atoms with Crippen molar-refractivity contribution in [3.63, 3.8) is 0 Å². The van der Waals surface area contributed by atoms with Crippen LogP contribution in [0.5, 0.6) is 0 Å². The van der Waals surface area contributed by atoms with Gasteiger partial charge in [-0.1, -0.05) is 29.4 Å². The normalized spacial score (nSPS) is 11.9. The fraction of sp³-hybridized carbons (Fsp3) is 0.222. The van der Waals surface area contributed by atoms with Gasteiger partial charge in [0.1, 0.15) is 5.01 Å². The zero-order valence-corrected chi connectivity index (χ0v) is 16.5. The molecule has 0 aliphatic heterocycles. The third kappa shape index (κ3) is 3.83. The number of nitriles is 1. The van der Waals surface area contributed by atoms with Crippen molar-refractivity contribution < 1.29 is 4.79 Å². The first-order valence-corrected chi connectivity index (χ1v) is 10.0. The van der Waals surface area contributed by atoms with Crippen molar-refractivity contribution in [2.45, 2.75) is 24.9 Å². The van der Waals surface area contributed by atoms with E-state index in [2.05, 4.69) is 16.0 Å². The molecule has 0 amide bonds.